The zero-order valence-corrected chi connectivity index (χ0v) is 19.2. The van der Waals surface area contributed by atoms with Gasteiger partial charge in [-0.05, 0) is 43.8 Å². The Bertz CT molecular complexity index is 1190. The molecular weight excluding hydrogens is 454 g/mol. The lowest BCUT2D eigenvalue weighted by atomic mass is 10.1. The number of nitro benzene ring substituents is 1. The van der Waals surface area contributed by atoms with Gasteiger partial charge in [0.15, 0.2) is 0 Å². The monoisotopic (exact) mass is 479 g/mol. The van der Waals surface area contributed by atoms with Crippen molar-refractivity contribution in [1.82, 2.24) is 14.7 Å². The van der Waals surface area contributed by atoms with E-state index in [1.54, 1.807) is 24.3 Å². The lowest BCUT2D eigenvalue weighted by molar-refractivity contribution is -0.384. The Morgan fingerprint density at radius 1 is 0.971 bits per heavy atom. The predicted octanol–water partition coefficient (Wildman–Crippen LogP) is 2.00. The second-order valence-electron chi connectivity index (χ2n) is 8.57. The number of benzene rings is 2. The molecule has 4 rings (SSSR count). The molecule has 2 aromatic rings. The third-order valence-corrected chi connectivity index (χ3v) is 6.16. The van der Waals surface area contributed by atoms with Crippen LogP contribution < -0.4 is 5.32 Å². The molecule has 0 bridgehead atoms. The average molecular weight is 479 g/mol. The van der Waals surface area contributed by atoms with Crippen molar-refractivity contribution in [2.45, 2.75) is 12.8 Å². The molecule has 1 N–H and O–H groups in total. The minimum atomic E-state index is -0.625. The van der Waals surface area contributed by atoms with E-state index >= 15 is 0 Å². The third-order valence-electron chi connectivity index (χ3n) is 6.16. The number of anilines is 1. The Balaban J connectivity index is 1.26. The number of non-ortho nitro benzene ring substituents is 1. The van der Waals surface area contributed by atoms with Crippen LogP contribution in [0.5, 0.6) is 0 Å². The quantitative estimate of drug-likeness (QED) is 0.365. The number of nitrogens with one attached hydrogen (secondary N) is 1. The summed E-state index contributed by atoms with van der Waals surface area (Å²) in [5, 5.41) is 13.7. The lowest BCUT2D eigenvalue weighted by Gasteiger charge is -2.32. The van der Waals surface area contributed by atoms with E-state index in [-0.39, 0.29) is 48.0 Å². The standard InChI is InChI=1S/C24H25N5O6/c1-26-11-13-27(14-12-26)22(31)16-4-6-17(7-5-16)25-21(30)3-2-10-28-23(32)19-9-8-18(29(34)35)15-20(19)24(28)33/h4-9,15H,2-3,10-14H2,1H3,(H,25,30). The van der Waals surface area contributed by atoms with Gasteiger partial charge < -0.3 is 15.1 Å². The van der Waals surface area contributed by atoms with E-state index in [0.29, 0.717) is 24.3 Å². The van der Waals surface area contributed by atoms with Gasteiger partial charge in [-0.15, -0.1) is 0 Å². The number of amides is 4. The maximum atomic E-state index is 12.6. The Kier molecular flexibility index (Phi) is 6.87. The first-order valence-corrected chi connectivity index (χ1v) is 11.3. The molecule has 2 aliphatic rings. The van der Waals surface area contributed by atoms with Gasteiger partial charge in [-0.2, -0.15) is 0 Å². The van der Waals surface area contributed by atoms with E-state index in [9.17, 15) is 29.3 Å². The average Bonchev–Trinajstić information content (AvgIpc) is 3.09. The molecule has 1 saturated heterocycles. The fourth-order valence-electron chi connectivity index (χ4n) is 4.10. The normalized spacial score (nSPS) is 15.8. The van der Waals surface area contributed by atoms with Gasteiger partial charge in [0.1, 0.15) is 0 Å². The van der Waals surface area contributed by atoms with Gasteiger partial charge in [0, 0.05) is 62.5 Å². The molecule has 1 fully saturated rings. The van der Waals surface area contributed by atoms with Crippen LogP contribution in [0.3, 0.4) is 0 Å². The largest absolute Gasteiger partial charge is 0.336 e. The van der Waals surface area contributed by atoms with Crippen molar-refractivity contribution in [3.63, 3.8) is 0 Å². The van der Waals surface area contributed by atoms with Gasteiger partial charge >= 0.3 is 0 Å². The fraction of sp³-hybridized carbons (Fsp3) is 0.333. The Morgan fingerprint density at radius 2 is 1.63 bits per heavy atom. The smallest absolute Gasteiger partial charge is 0.270 e. The summed E-state index contributed by atoms with van der Waals surface area (Å²) in [5.74, 6) is -1.46. The van der Waals surface area contributed by atoms with Gasteiger partial charge in [0.25, 0.3) is 23.4 Å². The summed E-state index contributed by atoms with van der Waals surface area (Å²) < 4.78 is 0. The number of nitrogens with zero attached hydrogens (tertiary/aromatic N) is 4. The van der Waals surface area contributed by atoms with Crippen LogP contribution in [0.25, 0.3) is 0 Å². The number of nitro groups is 1. The lowest BCUT2D eigenvalue weighted by Crippen LogP contribution is -2.47. The Morgan fingerprint density at radius 3 is 2.29 bits per heavy atom. The van der Waals surface area contributed by atoms with Gasteiger partial charge in [-0.3, -0.25) is 34.2 Å². The number of carbonyl (C=O) groups is 4. The first-order valence-electron chi connectivity index (χ1n) is 11.3. The number of fused-ring (bicyclic) bond motifs is 1. The molecule has 0 aliphatic carbocycles. The van der Waals surface area contributed by atoms with Crippen molar-refractivity contribution in [3.8, 4) is 0 Å². The summed E-state index contributed by atoms with van der Waals surface area (Å²) in [5.41, 5.74) is 0.954. The zero-order chi connectivity index (χ0) is 25.1. The van der Waals surface area contributed by atoms with Crippen LogP contribution in [-0.4, -0.2) is 83.0 Å². The summed E-state index contributed by atoms with van der Waals surface area (Å²) >= 11 is 0. The molecule has 0 unspecified atom stereocenters. The molecule has 0 saturated carbocycles. The molecule has 0 spiro atoms. The summed E-state index contributed by atoms with van der Waals surface area (Å²) in [4.78, 5) is 65.2. The molecule has 2 aliphatic heterocycles. The second-order valence-corrected chi connectivity index (χ2v) is 8.57. The van der Waals surface area contributed by atoms with Crippen LogP contribution in [0.2, 0.25) is 0 Å². The Labute approximate surface area is 201 Å². The summed E-state index contributed by atoms with van der Waals surface area (Å²) in [6.07, 6.45) is 0.300. The summed E-state index contributed by atoms with van der Waals surface area (Å²) in [6, 6.07) is 10.2. The minimum Gasteiger partial charge on any atom is -0.336 e. The first kappa shape index (κ1) is 24.0. The Hall–Kier alpha value is -4.12. The van der Waals surface area contributed by atoms with Crippen LogP contribution in [0.1, 0.15) is 43.9 Å². The molecule has 11 nitrogen and oxygen atoms in total. The van der Waals surface area contributed by atoms with Crippen LogP contribution in [0.15, 0.2) is 42.5 Å². The van der Waals surface area contributed by atoms with Crippen LogP contribution >= 0.6 is 0 Å². The van der Waals surface area contributed by atoms with Crippen molar-refractivity contribution in [2.24, 2.45) is 0 Å². The van der Waals surface area contributed by atoms with E-state index in [1.807, 2.05) is 11.9 Å². The molecule has 0 atom stereocenters. The van der Waals surface area contributed by atoms with Crippen molar-refractivity contribution in [1.29, 1.82) is 0 Å². The highest BCUT2D eigenvalue weighted by atomic mass is 16.6. The van der Waals surface area contributed by atoms with Crippen molar-refractivity contribution >= 4 is 35.0 Å². The molecule has 2 aromatic carbocycles. The first-order chi connectivity index (χ1) is 16.7. The van der Waals surface area contributed by atoms with Crippen LogP contribution in [-0.2, 0) is 4.79 Å². The number of carbonyl (C=O) groups excluding carboxylic acids is 4. The number of rotatable bonds is 7. The maximum Gasteiger partial charge on any atom is 0.270 e. The molecule has 11 heteroatoms. The molecule has 35 heavy (non-hydrogen) atoms. The number of piperazine rings is 1. The molecule has 0 aromatic heterocycles. The number of hydrogen-bond acceptors (Lipinski definition) is 7. The fourth-order valence-corrected chi connectivity index (χ4v) is 4.10. The van der Waals surface area contributed by atoms with Gasteiger partial charge in [0.2, 0.25) is 5.91 Å². The van der Waals surface area contributed by atoms with E-state index in [4.69, 9.17) is 0 Å². The zero-order valence-electron chi connectivity index (χ0n) is 19.2. The number of imide groups is 1. The van der Waals surface area contributed by atoms with E-state index in [2.05, 4.69) is 10.2 Å². The van der Waals surface area contributed by atoms with E-state index in [1.165, 1.54) is 12.1 Å². The van der Waals surface area contributed by atoms with Crippen molar-refractivity contribution < 1.29 is 24.1 Å². The molecule has 182 valence electrons. The third kappa shape index (κ3) is 5.19. The highest BCUT2D eigenvalue weighted by Crippen LogP contribution is 2.27. The summed E-state index contributed by atoms with van der Waals surface area (Å²) in [6.45, 7) is 3.04. The van der Waals surface area contributed by atoms with E-state index in [0.717, 1.165) is 24.1 Å². The van der Waals surface area contributed by atoms with Crippen molar-refractivity contribution in [3.05, 3.63) is 69.3 Å². The van der Waals surface area contributed by atoms with Gasteiger partial charge in [-0.1, -0.05) is 0 Å². The number of likely N-dealkylation sites (N-methyl/N-ethyl adjacent to an activating group) is 1. The predicted molar refractivity (Wildman–Crippen MR) is 126 cm³/mol. The van der Waals surface area contributed by atoms with E-state index < -0.39 is 16.7 Å². The number of hydrogen-bond donors (Lipinski definition) is 1. The molecule has 4 amide bonds. The van der Waals surface area contributed by atoms with Crippen molar-refractivity contribution in [2.75, 3.05) is 45.1 Å². The SMILES string of the molecule is CN1CCN(C(=O)c2ccc(NC(=O)CCCN3C(=O)c4ccc([N+](=O)[O-])cc4C3=O)cc2)CC1. The highest BCUT2D eigenvalue weighted by molar-refractivity contribution is 6.21. The van der Waals surface area contributed by atoms with Gasteiger partial charge in [0.05, 0.1) is 16.1 Å². The molecule has 0 radical (unpaired) electrons. The molecule has 2 heterocycles. The molecular formula is C24H25N5O6. The van der Waals surface area contributed by atoms with Gasteiger partial charge in [-0.25, -0.2) is 0 Å². The second kappa shape index (κ2) is 10.0. The highest BCUT2D eigenvalue weighted by Gasteiger charge is 2.36. The summed E-state index contributed by atoms with van der Waals surface area (Å²) in [7, 11) is 2.02. The topological polar surface area (TPSA) is 133 Å². The minimum absolute atomic E-state index is 0.000128. The van der Waals surface area contributed by atoms with Crippen LogP contribution in [0, 0.1) is 10.1 Å². The maximum absolute atomic E-state index is 12.6. The van der Waals surface area contributed by atoms with Crippen LogP contribution in [0.4, 0.5) is 11.4 Å².